The normalized spacial score (nSPS) is 9.95. The van der Waals surface area contributed by atoms with E-state index in [1.807, 2.05) is 0 Å². The van der Waals surface area contributed by atoms with Gasteiger partial charge in [0.15, 0.2) is 5.69 Å². The van der Waals surface area contributed by atoms with Gasteiger partial charge in [-0.3, -0.25) is 4.79 Å². The molecule has 104 valence electrons. The van der Waals surface area contributed by atoms with Gasteiger partial charge in [0.25, 0.3) is 0 Å². The first-order valence-electron chi connectivity index (χ1n) is 5.83. The molecule has 0 saturated heterocycles. The standard InChI is InChI=1S/C14H14N2O4/c1-18-10-6-4-9(5-7-10)13(17)12-14(20-3)16-11(19-2)8-15-12/h4-8H,1-3H3. The van der Waals surface area contributed by atoms with Gasteiger partial charge >= 0.3 is 0 Å². The van der Waals surface area contributed by atoms with Gasteiger partial charge in [-0.2, -0.15) is 4.98 Å². The van der Waals surface area contributed by atoms with Crippen molar-refractivity contribution >= 4 is 5.78 Å². The van der Waals surface area contributed by atoms with Gasteiger partial charge in [0.2, 0.25) is 17.5 Å². The Bertz CT molecular complexity index is 611. The van der Waals surface area contributed by atoms with E-state index in [4.69, 9.17) is 14.2 Å². The van der Waals surface area contributed by atoms with Gasteiger partial charge in [0.1, 0.15) is 5.75 Å². The summed E-state index contributed by atoms with van der Waals surface area (Å²) in [7, 11) is 4.46. The molecule has 0 spiro atoms. The largest absolute Gasteiger partial charge is 0.497 e. The first-order chi connectivity index (χ1) is 9.69. The fourth-order valence-corrected chi connectivity index (χ4v) is 1.63. The fourth-order valence-electron chi connectivity index (χ4n) is 1.63. The first-order valence-corrected chi connectivity index (χ1v) is 5.83. The highest BCUT2D eigenvalue weighted by atomic mass is 16.5. The van der Waals surface area contributed by atoms with Crippen LogP contribution in [-0.4, -0.2) is 37.1 Å². The highest BCUT2D eigenvalue weighted by Gasteiger charge is 2.18. The average molecular weight is 274 g/mol. The van der Waals surface area contributed by atoms with E-state index in [-0.39, 0.29) is 23.2 Å². The van der Waals surface area contributed by atoms with E-state index in [2.05, 4.69) is 9.97 Å². The van der Waals surface area contributed by atoms with Crippen molar-refractivity contribution in [3.63, 3.8) is 0 Å². The Balaban J connectivity index is 2.36. The van der Waals surface area contributed by atoms with Crippen LogP contribution in [0.3, 0.4) is 0 Å². The summed E-state index contributed by atoms with van der Waals surface area (Å²) < 4.78 is 15.1. The lowest BCUT2D eigenvalue weighted by atomic mass is 10.1. The van der Waals surface area contributed by atoms with Crippen LogP contribution >= 0.6 is 0 Å². The van der Waals surface area contributed by atoms with Crippen molar-refractivity contribution in [3.05, 3.63) is 41.7 Å². The minimum absolute atomic E-state index is 0.130. The third kappa shape index (κ3) is 2.69. The Hall–Kier alpha value is -2.63. The molecule has 0 aliphatic rings. The molecular formula is C14H14N2O4. The molecule has 6 nitrogen and oxygen atoms in total. The second kappa shape index (κ2) is 6.01. The van der Waals surface area contributed by atoms with E-state index < -0.39 is 0 Å². The summed E-state index contributed by atoms with van der Waals surface area (Å²) in [6.45, 7) is 0. The van der Waals surface area contributed by atoms with E-state index in [0.717, 1.165) is 0 Å². The first kappa shape index (κ1) is 13.8. The third-order valence-corrected chi connectivity index (χ3v) is 2.69. The molecule has 0 aliphatic heterocycles. The molecule has 1 aromatic heterocycles. The molecule has 1 aromatic carbocycles. The molecule has 0 N–H and O–H groups in total. The Kier molecular flexibility index (Phi) is 4.14. The highest BCUT2D eigenvalue weighted by molar-refractivity contribution is 6.09. The predicted molar refractivity (Wildman–Crippen MR) is 71.6 cm³/mol. The van der Waals surface area contributed by atoms with Crippen LogP contribution in [0.4, 0.5) is 0 Å². The molecule has 0 aliphatic carbocycles. The molecule has 1 heterocycles. The lowest BCUT2D eigenvalue weighted by Gasteiger charge is -2.07. The van der Waals surface area contributed by atoms with E-state index in [0.29, 0.717) is 11.3 Å². The van der Waals surface area contributed by atoms with Gasteiger partial charge in [0, 0.05) is 5.56 Å². The second-order valence-corrected chi connectivity index (χ2v) is 3.83. The van der Waals surface area contributed by atoms with E-state index in [9.17, 15) is 4.79 Å². The third-order valence-electron chi connectivity index (χ3n) is 2.69. The Morgan fingerprint density at radius 1 is 1.00 bits per heavy atom. The maximum absolute atomic E-state index is 12.4. The number of aromatic nitrogens is 2. The number of carbonyl (C=O) groups is 1. The van der Waals surface area contributed by atoms with Gasteiger partial charge in [-0.15, -0.1) is 0 Å². The predicted octanol–water partition coefficient (Wildman–Crippen LogP) is 1.73. The van der Waals surface area contributed by atoms with Crippen molar-refractivity contribution in [2.45, 2.75) is 0 Å². The number of benzene rings is 1. The number of nitrogens with zero attached hydrogens (tertiary/aromatic N) is 2. The van der Waals surface area contributed by atoms with Gasteiger partial charge in [-0.25, -0.2) is 4.98 Å². The van der Waals surface area contributed by atoms with E-state index in [1.165, 1.54) is 20.4 Å². The number of ether oxygens (including phenoxy) is 3. The average Bonchev–Trinajstić information content (AvgIpc) is 2.53. The van der Waals surface area contributed by atoms with Crippen LogP contribution in [0.5, 0.6) is 17.5 Å². The second-order valence-electron chi connectivity index (χ2n) is 3.83. The van der Waals surface area contributed by atoms with Crippen molar-refractivity contribution in [2.24, 2.45) is 0 Å². The topological polar surface area (TPSA) is 70.5 Å². The van der Waals surface area contributed by atoms with Crippen molar-refractivity contribution < 1.29 is 19.0 Å². The number of methoxy groups -OCH3 is 3. The Labute approximate surface area is 116 Å². The zero-order chi connectivity index (χ0) is 14.5. The van der Waals surface area contributed by atoms with E-state index in [1.54, 1.807) is 31.4 Å². The molecule has 6 heteroatoms. The summed E-state index contributed by atoms with van der Waals surface area (Å²) in [6.07, 6.45) is 1.37. The molecular weight excluding hydrogens is 260 g/mol. The minimum Gasteiger partial charge on any atom is -0.497 e. The molecule has 0 unspecified atom stereocenters. The molecule has 0 radical (unpaired) electrons. The van der Waals surface area contributed by atoms with Gasteiger partial charge in [0.05, 0.1) is 27.5 Å². The van der Waals surface area contributed by atoms with Crippen molar-refractivity contribution in [3.8, 4) is 17.5 Å². The Morgan fingerprint density at radius 2 is 1.70 bits per heavy atom. The smallest absolute Gasteiger partial charge is 0.247 e. The quantitative estimate of drug-likeness (QED) is 0.773. The molecule has 0 fully saturated rings. The molecule has 0 atom stereocenters. The van der Waals surface area contributed by atoms with Crippen molar-refractivity contribution in [1.29, 1.82) is 0 Å². The van der Waals surface area contributed by atoms with Crippen LogP contribution in [0, 0.1) is 0 Å². The molecule has 2 rings (SSSR count). The van der Waals surface area contributed by atoms with Gasteiger partial charge in [-0.1, -0.05) is 0 Å². The van der Waals surface area contributed by atoms with Gasteiger partial charge in [-0.05, 0) is 24.3 Å². The van der Waals surface area contributed by atoms with Crippen LogP contribution in [0.2, 0.25) is 0 Å². The summed E-state index contributed by atoms with van der Waals surface area (Å²) in [4.78, 5) is 20.4. The van der Waals surface area contributed by atoms with Gasteiger partial charge < -0.3 is 14.2 Å². The molecule has 0 amide bonds. The SMILES string of the molecule is COc1ccc(C(=O)c2ncc(OC)nc2OC)cc1. The minimum atomic E-state index is -0.278. The maximum atomic E-state index is 12.4. The zero-order valence-electron chi connectivity index (χ0n) is 11.4. The lowest BCUT2D eigenvalue weighted by molar-refractivity contribution is 0.103. The van der Waals surface area contributed by atoms with Crippen molar-refractivity contribution in [2.75, 3.05) is 21.3 Å². The number of hydrogen-bond acceptors (Lipinski definition) is 6. The zero-order valence-corrected chi connectivity index (χ0v) is 11.4. The summed E-state index contributed by atoms with van der Waals surface area (Å²) in [5.74, 6) is 0.812. The van der Waals surface area contributed by atoms with E-state index >= 15 is 0 Å². The molecule has 0 bridgehead atoms. The summed E-state index contributed by atoms with van der Waals surface area (Å²) in [5.41, 5.74) is 0.613. The van der Waals surface area contributed by atoms with Crippen LogP contribution < -0.4 is 14.2 Å². The molecule has 0 saturated carbocycles. The molecule has 2 aromatic rings. The summed E-state index contributed by atoms with van der Waals surface area (Å²) in [6, 6.07) is 6.73. The van der Waals surface area contributed by atoms with Crippen molar-refractivity contribution in [1.82, 2.24) is 9.97 Å². The fraction of sp³-hybridized carbons (Fsp3) is 0.214. The number of carbonyl (C=O) groups excluding carboxylic acids is 1. The monoisotopic (exact) mass is 274 g/mol. The van der Waals surface area contributed by atoms with Crippen LogP contribution in [0.1, 0.15) is 16.1 Å². The number of ketones is 1. The maximum Gasteiger partial charge on any atom is 0.247 e. The number of hydrogen-bond donors (Lipinski definition) is 0. The summed E-state index contributed by atoms with van der Waals surface area (Å²) in [5, 5.41) is 0. The highest BCUT2D eigenvalue weighted by Crippen LogP contribution is 2.21. The molecule has 20 heavy (non-hydrogen) atoms. The lowest BCUT2D eigenvalue weighted by Crippen LogP contribution is -2.08. The van der Waals surface area contributed by atoms with Crippen LogP contribution in [-0.2, 0) is 0 Å². The summed E-state index contributed by atoms with van der Waals surface area (Å²) >= 11 is 0. The van der Waals surface area contributed by atoms with Crippen LogP contribution in [0.25, 0.3) is 0 Å². The Morgan fingerprint density at radius 3 is 2.25 bits per heavy atom. The van der Waals surface area contributed by atoms with Crippen LogP contribution in [0.15, 0.2) is 30.5 Å². The number of rotatable bonds is 5.